The average Bonchev–Trinajstić information content (AvgIpc) is 2.39. The first-order valence-electron chi connectivity index (χ1n) is 6.18. The van der Waals surface area contributed by atoms with Crippen LogP contribution in [-0.2, 0) is 10.8 Å². The highest BCUT2D eigenvalue weighted by Crippen LogP contribution is 2.28. The highest BCUT2D eigenvalue weighted by atomic mass is 32.2. The monoisotopic (exact) mass is 270 g/mol. The number of nitrogens with zero attached hydrogens (tertiary/aromatic N) is 1. The van der Waals surface area contributed by atoms with Crippen LogP contribution in [0.1, 0.15) is 18.5 Å². The molecule has 0 spiro atoms. The number of hydrogen-bond donors (Lipinski definition) is 1. The molecule has 1 heterocycles. The Bertz CT molecular complexity index is 443. The summed E-state index contributed by atoms with van der Waals surface area (Å²) in [6.07, 6.45) is 0. The van der Waals surface area contributed by atoms with E-state index in [1.165, 1.54) is 6.07 Å². The zero-order chi connectivity index (χ0) is 13.1. The molecule has 1 aromatic rings. The maximum atomic E-state index is 13.4. The lowest BCUT2D eigenvalue weighted by atomic mass is 10.0. The molecule has 18 heavy (non-hydrogen) atoms. The van der Waals surface area contributed by atoms with E-state index in [4.69, 9.17) is 0 Å². The van der Waals surface area contributed by atoms with Gasteiger partial charge in [0.15, 0.2) is 0 Å². The molecular weight excluding hydrogens is 251 g/mol. The van der Waals surface area contributed by atoms with Crippen LogP contribution in [0.15, 0.2) is 18.2 Å². The molecule has 0 radical (unpaired) electrons. The van der Waals surface area contributed by atoms with Gasteiger partial charge >= 0.3 is 0 Å². The largest absolute Gasteiger partial charge is 0.369 e. The summed E-state index contributed by atoms with van der Waals surface area (Å²) in [7, 11) is 1.18. The zero-order valence-electron chi connectivity index (χ0n) is 10.8. The summed E-state index contributed by atoms with van der Waals surface area (Å²) >= 11 is 0. The second-order valence-corrected chi connectivity index (χ2v) is 6.24. The van der Waals surface area contributed by atoms with Gasteiger partial charge in [-0.15, -0.1) is 0 Å². The SMILES string of the molecule is CNC(C)c1cc(F)ccc1N1CCS(=O)CC1. The van der Waals surface area contributed by atoms with Gasteiger partial charge in [-0.3, -0.25) is 4.21 Å². The topological polar surface area (TPSA) is 32.3 Å². The summed E-state index contributed by atoms with van der Waals surface area (Å²) in [5.74, 6) is 1.19. The first kappa shape index (κ1) is 13.5. The van der Waals surface area contributed by atoms with Gasteiger partial charge in [-0.05, 0) is 37.7 Å². The Morgan fingerprint density at radius 3 is 2.67 bits per heavy atom. The second-order valence-electron chi connectivity index (χ2n) is 4.55. The van der Waals surface area contributed by atoms with Gasteiger partial charge in [0, 0.05) is 47.1 Å². The fourth-order valence-electron chi connectivity index (χ4n) is 2.19. The average molecular weight is 270 g/mol. The molecule has 100 valence electrons. The summed E-state index contributed by atoms with van der Waals surface area (Å²) < 4.78 is 24.8. The smallest absolute Gasteiger partial charge is 0.123 e. The summed E-state index contributed by atoms with van der Waals surface area (Å²) in [4.78, 5) is 2.20. The Morgan fingerprint density at radius 1 is 1.39 bits per heavy atom. The third-order valence-electron chi connectivity index (χ3n) is 3.41. The number of rotatable bonds is 3. The number of benzene rings is 1. The Hall–Kier alpha value is -0.940. The number of halogens is 1. The molecule has 1 aliphatic rings. The summed E-state index contributed by atoms with van der Waals surface area (Å²) in [6.45, 7) is 3.57. The molecule has 1 unspecified atom stereocenters. The van der Waals surface area contributed by atoms with Gasteiger partial charge in [-0.1, -0.05) is 0 Å². The molecular formula is C13H19FN2OS. The van der Waals surface area contributed by atoms with E-state index in [9.17, 15) is 8.60 Å². The second kappa shape index (κ2) is 5.80. The van der Waals surface area contributed by atoms with E-state index in [0.29, 0.717) is 11.5 Å². The Balaban J connectivity index is 2.28. The van der Waals surface area contributed by atoms with Crippen molar-refractivity contribution < 1.29 is 8.60 Å². The number of nitrogens with one attached hydrogen (secondary N) is 1. The van der Waals surface area contributed by atoms with Crippen molar-refractivity contribution in [2.24, 2.45) is 0 Å². The Labute approximate surface area is 110 Å². The van der Waals surface area contributed by atoms with Crippen molar-refractivity contribution >= 4 is 16.5 Å². The van der Waals surface area contributed by atoms with Crippen LogP contribution in [0.5, 0.6) is 0 Å². The molecule has 5 heteroatoms. The van der Waals surface area contributed by atoms with E-state index in [-0.39, 0.29) is 11.9 Å². The first-order chi connectivity index (χ1) is 8.61. The van der Waals surface area contributed by atoms with Crippen molar-refractivity contribution in [3.05, 3.63) is 29.6 Å². The molecule has 1 fully saturated rings. The van der Waals surface area contributed by atoms with Crippen LogP contribution in [0.25, 0.3) is 0 Å². The Kier molecular flexibility index (Phi) is 4.35. The van der Waals surface area contributed by atoms with Gasteiger partial charge < -0.3 is 10.2 Å². The molecule has 0 bridgehead atoms. The van der Waals surface area contributed by atoms with Gasteiger partial charge in [-0.25, -0.2) is 4.39 Å². The summed E-state index contributed by atoms with van der Waals surface area (Å²) in [5, 5.41) is 3.14. The predicted molar refractivity (Wildman–Crippen MR) is 74.0 cm³/mol. The lowest BCUT2D eigenvalue weighted by molar-refractivity contribution is 0.606. The summed E-state index contributed by atoms with van der Waals surface area (Å²) in [5.41, 5.74) is 2.01. The van der Waals surface area contributed by atoms with Crippen molar-refractivity contribution in [2.45, 2.75) is 13.0 Å². The first-order valence-corrected chi connectivity index (χ1v) is 7.67. The molecule has 0 aromatic heterocycles. The highest BCUT2D eigenvalue weighted by Gasteiger charge is 2.20. The third-order valence-corrected chi connectivity index (χ3v) is 4.68. The maximum absolute atomic E-state index is 13.4. The zero-order valence-corrected chi connectivity index (χ0v) is 11.6. The minimum absolute atomic E-state index is 0.100. The molecule has 0 aliphatic carbocycles. The van der Waals surface area contributed by atoms with E-state index in [1.54, 1.807) is 6.07 Å². The van der Waals surface area contributed by atoms with Crippen molar-refractivity contribution in [2.75, 3.05) is 36.5 Å². The van der Waals surface area contributed by atoms with E-state index in [1.807, 2.05) is 20.0 Å². The summed E-state index contributed by atoms with van der Waals surface area (Å²) in [6, 6.07) is 5.00. The normalized spacial score (nSPS) is 18.9. The Morgan fingerprint density at radius 2 is 2.06 bits per heavy atom. The van der Waals surface area contributed by atoms with Crippen LogP contribution in [-0.4, -0.2) is 35.9 Å². The molecule has 1 aliphatic heterocycles. The van der Waals surface area contributed by atoms with Crippen molar-refractivity contribution in [3.63, 3.8) is 0 Å². The molecule has 0 saturated carbocycles. The van der Waals surface area contributed by atoms with Crippen molar-refractivity contribution in [3.8, 4) is 0 Å². The van der Waals surface area contributed by atoms with Crippen LogP contribution < -0.4 is 10.2 Å². The van der Waals surface area contributed by atoms with E-state index in [0.717, 1.165) is 24.3 Å². The molecule has 2 rings (SSSR count). The fourth-order valence-corrected chi connectivity index (χ4v) is 3.25. The predicted octanol–water partition coefficient (Wildman–Crippen LogP) is 1.67. The standard InChI is InChI=1S/C13H19FN2OS/c1-10(15-2)12-9-11(14)3-4-13(12)16-5-7-18(17)8-6-16/h3-4,9-10,15H,5-8H2,1-2H3. The number of hydrogen-bond acceptors (Lipinski definition) is 3. The van der Waals surface area contributed by atoms with Crippen LogP contribution >= 0.6 is 0 Å². The van der Waals surface area contributed by atoms with Crippen LogP contribution in [0, 0.1) is 5.82 Å². The highest BCUT2D eigenvalue weighted by molar-refractivity contribution is 7.85. The van der Waals surface area contributed by atoms with Crippen molar-refractivity contribution in [1.82, 2.24) is 5.32 Å². The van der Waals surface area contributed by atoms with Crippen molar-refractivity contribution in [1.29, 1.82) is 0 Å². The third kappa shape index (κ3) is 2.90. The molecule has 3 nitrogen and oxygen atoms in total. The van der Waals surface area contributed by atoms with Gasteiger partial charge in [-0.2, -0.15) is 0 Å². The molecule has 1 saturated heterocycles. The maximum Gasteiger partial charge on any atom is 0.123 e. The molecule has 1 N–H and O–H groups in total. The van der Waals surface area contributed by atoms with Crippen LogP contribution in [0.3, 0.4) is 0 Å². The molecule has 0 amide bonds. The molecule has 1 aromatic carbocycles. The minimum Gasteiger partial charge on any atom is -0.369 e. The lowest BCUT2D eigenvalue weighted by Gasteiger charge is -2.31. The lowest BCUT2D eigenvalue weighted by Crippen LogP contribution is -2.38. The molecule has 1 atom stereocenters. The van der Waals surface area contributed by atoms with Crippen LogP contribution in [0.2, 0.25) is 0 Å². The van der Waals surface area contributed by atoms with Gasteiger partial charge in [0.25, 0.3) is 0 Å². The van der Waals surface area contributed by atoms with Gasteiger partial charge in [0.05, 0.1) is 0 Å². The van der Waals surface area contributed by atoms with E-state index < -0.39 is 10.8 Å². The van der Waals surface area contributed by atoms with E-state index >= 15 is 0 Å². The van der Waals surface area contributed by atoms with Crippen LogP contribution in [0.4, 0.5) is 10.1 Å². The quantitative estimate of drug-likeness (QED) is 0.907. The number of anilines is 1. The fraction of sp³-hybridized carbons (Fsp3) is 0.538. The van der Waals surface area contributed by atoms with E-state index in [2.05, 4.69) is 10.2 Å². The minimum atomic E-state index is -0.690. The van der Waals surface area contributed by atoms with Gasteiger partial charge in [0.2, 0.25) is 0 Å². The van der Waals surface area contributed by atoms with Gasteiger partial charge in [0.1, 0.15) is 5.82 Å².